The van der Waals surface area contributed by atoms with Crippen molar-refractivity contribution in [3.63, 3.8) is 0 Å². The summed E-state index contributed by atoms with van der Waals surface area (Å²) in [5.41, 5.74) is 7.50. The number of likely N-dealkylation sites (tertiary alicyclic amines) is 1. The van der Waals surface area contributed by atoms with Gasteiger partial charge in [0, 0.05) is 37.1 Å². The number of rotatable bonds is 5. The third kappa shape index (κ3) is 6.10. The molecule has 0 saturated carbocycles. The number of piperidine rings is 1. The molecule has 3 heterocycles. The molecule has 2 N–H and O–H groups in total. The number of thioether (sulfide) groups is 1. The van der Waals surface area contributed by atoms with Gasteiger partial charge in [-0.15, -0.1) is 24.8 Å². The lowest BCUT2D eigenvalue weighted by molar-refractivity contribution is 0.0676. The SMILES string of the molecule is Cc1cc(CSc2ncccc2C(=O)N2CCC(C(C)N)CC2)no1.Cl.Cl. The van der Waals surface area contributed by atoms with Gasteiger partial charge in [-0.05, 0) is 44.7 Å². The molecule has 1 saturated heterocycles. The van der Waals surface area contributed by atoms with Crippen LogP contribution in [0.1, 0.15) is 41.6 Å². The fourth-order valence-corrected chi connectivity index (χ4v) is 3.96. The van der Waals surface area contributed by atoms with E-state index in [0.29, 0.717) is 17.2 Å². The summed E-state index contributed by atoms with van der Waals surface area (Å²) in [6, 6.07) is 5.75. The lowest BCUT2D eigenvalue weighted by Crippen LogP contribution is -2.42. The van der Waals surface area contributed by atoms with Gasteiger partial charge in [-0.25, -0.2) is 4.98 Å². The second-order valence-electron chi connectivity index (χ2n) is 6.56. The number of hydrogen-bond acceptors (Lipinski definition) is 6. The Bertz CT molecular complexity index is 734. The molecule has 1 fully saturated rings. The monoisotopic (exact) mass is 432 g/mol. The van der Waals surface area contributed by atoms with Crippen LogP contribution in [0.25, 0.3) is 0 Å². The topological polar surface area (TPSA) is 85.2 Å². The molecule has 3 rings (SSSR count). The highest BCUT2D eigenvalue weighted by Gasteiger charge is 2.27. The van der Waals surface area contributed by atoms with E-state index < -0.39 is 0 Å². The maximum absolute atomic E-state index is 12.9. The molecule has 1 aliphatic rings. The maximum atomic E-state index is 12.9. The predicted octanol–water partition coefficient (Wildman–Crippen LogP) is 3.71. The van der Waals surface area contributed by atoms with Gasteiger partial charge in [-0.3, -0.25) is 4.79 Å². The van der Waals surface area contributed by atoms with Gasteiger partial charge in [0.15, 0.2) is 0 Å². The van der Waals surface area contributed by atoms with Crippen molar-refractivity contribution in [1.82, 2.24) is 15.0 Å². The third-order valence-electron chi connectivity index (χ3n) is 4.61. The van der Waals surface area contributed by atoms with Crippen molar-refractivity contribution in [1.29, 1.82) is 0 Å². The van der Waals surface area contributed by atoms with Gasteiger partial charge < -0.3 is 15.2 Å². The molecular weight excluding hydrogens is 407 g/mol. The van der Waals surface area contributed by atoms with E-state index in [4.69, 9.17) is 10.3 Å². The Morgan fingerprint density at radius 3 is 2.70 bits per heavy atom. The van der Waals surface area contributed by atoms with Gasteiger partial charge in [-0.1, -0.05) is 16.9 Å². The number of aryl methyl sites for hydroxylation is 1. The van der Waals surface area contributed by atoms with Crippen molar-refractivity contribution in [2.45, 2.75) is 43.5 Å². The normalized spacial score (nSPS) is 15.6. The second-order valence-corrected chi connectivity index (χ2v) is 7.53. The van der Waals surface area contributed by atoms with Crippen LogP contribution in [0.2, 0.25) is 0 Å². The fourth-order valence-electron chi connectivity index (χ4n) is 3.10. The van der Waals surface area contributed by atoms with Gasteiger partial charge in [0.1, 0.15) is 10.8 Å². The Labute approximate surface area is 176 Å². The minimum Gasteiger partial charge on any atom is -0.361 e. The zero-order valence-electron chi connectivity index (χ0n) is 15.5. The smallest absolute Gasteiger partial charge is 0.256 e. The van der Waals surface area contributed by atoms with Crippen LogP contribution in [0.5, 0.6) is 0 Å². The number of nitrogens with zero attached hydrogens (tertiary/aromatic N) is 3. The molecule has 150 valence electrons. The molecule has 1 amide bonds. The van der Waals surface area contributed by atoms with Crippen molar-refractivity contribution < 1.29 is 9.32 Å². The average molecular weight is 433 g/mol. The molecule has 0 aliphatic carbocycles. The van der Waals surface area contributed by atoms with Gasteiger partial charge >= 0.3 is 0 Å². The first kappa shape index (κ1) is 23.8. The van der Waals surface area contributed by atoms with Crippen molar-refractivity contribution in [2.24, 2.45) is 11.7 Å². The molecule has 1 unspecified atom stereocenters. The van der Waals surface area contributed by atoms with Gasteiger partial charge in [0.05, 0.1) is 11.3 Å². The van der Waals surface area contributed by atoms with Crippen molar-refractivity contribution in [3.8, 4) is 0 Å². The molecule has 0 aromatic carbocycles. The van der Waals surface area contributed by atoms with Crippen LogP contribution in [-0.2, 0) is 5.75 Å². The second kappa shape index (κ2) is 10.9. The summed E-state index contributed by atoms with van der Waals surface area (Å²) in [7, 11) is 0. The van der Waals surface area contributed by atoms with Crippen LogP contribution in [0.3, 0.4) is 0 Å². The molecule has 9 heteroatoms. The number of pyridine rings is 1. The summed E-state index contributed by atoms with van der Waals surface area (Å²) in [5, 5.41) is 4.73. The molecule has 27 heavy (non-hydrogen) atoms. The number of carbonyl (C=O) groups excluding carboxylic acids is 1. The average Bonchev–Trinajstić information content (AvgIpc) is 3.05. The number of carbonyl (C=O) groups is 1. The van der Waals surface area contributed by atoms with E-state index in [1.165, 1.54) is 11.8 Å². The van der Waals surface area contributed by atoms with Crippen molar-refractivity contribution in [2.75, 3.05) is 13.1 Å². The summed E-state index contributed by atoms with van der Waals surface area (Å²) >= 11 is 1.51. The first-order valence-electron chi connectivity index (χ1n) is 8.59. The predicted molar refractivity (Wildman–Crippen MR) is 112 cm³/mol. The number of halogens is 2. The molecule has 1 atom stereocenters. The van der Waals surface area contributed by atoms with Gasteiger partial charge in [0.2, 0.25) is 0 Å². The Balaban J connectivity index is 0.00000182. The van der Waals surface area contributed by atoms with E-state index in [-0.39, 0.29) is 36.8 Å². The van der Waals surface area contributed by atoms with E-state index in [1.54, 1.807) is 6.20 Å². The quantitative estimate of drug-likeness (QED) is 0.724. The van der Waals surface area contributed by atoms with E-state index >= 15 is 0 Å². The summed E-state index contributed by atoms with van der Waals surface area (Å²) in [6.45, 7) is 5.42. The Morgan fingerprint density at radius 2 is 2.11 bits per heavy atom. The van der Waals surface area contributed by atoms with Crippen LogP contribution < -0.4 is 5.73 Å². The molecule has 0 bridgehead atoms. The highest BCUT2D eigenvalue weighted by Crippen LogP contribution is 2.27. The van der Waals surface area contributed by atoms with Crippen LogP contribution in [-0.4, -0.2) is 40.1 Å². The molecule has 6 nitrogen and oxygen atoms in total. The fraction of sp³-hybridized carbons (Fsp3) is 0.500. The highest BCUT2D eigenvalue weighted by atomic mass is 35.5. The molecule has 2 aromatic heterocycles. The largest absolute Gasteiger partial charge is 0.361 e. The molecule has 1 aliphatic heterocycles. The zero-order valence-corrected chi connectivity index (χ0v) is 17.9. The Morgan fingerprint density at radius 1 is 1.41 bits per heavy atom. The highest BCUT2D eigenvalue weighted by molar-refractivity contribution is 7.98. The number of hydrogen-bond donors (Lipinski definition) is 1. The van der Waals surface area contributed by atoms with Crippen molar-refractivity contribution in [3.05, 3.63) is 41.4 Å². The zero-order chi connectivity index (χ0) is 17.8. The summed E-state index contributed by atoms with van der Waals surface area (Å²) in [4.78, 5) is 19.2. The first-order chi connectivity index (χ1) is 12.0. The Hall–Kier alpha value is -1.28. The summed E-state index contributed by atoms with van der Waals surface area (Å²) in [5.74, 6) is 1.96. The standard InChI is InChI=1S/C18H24N4O2S.2ClH/c1-12-10-15(21-24-12)11-25-17-16(4-3-7-20-17)18(23)22-8-5-14(6-9-22)13(2)19;;/h3-4,7,10,13-14H,5-6,8-9,11,19H2,1-2H3;2*1H. The van der Waals surface area contributed by atoms with E-state index in [9.17, 15) is 4.79 Å². The lowest BCUT2D eigenvalue weighted by atomic mass is 9.91. The number of aromatic nitrogens is 2. The first-order valence-corrected chi connectivity index (χ1v) is 9.58. The Kier molecular flexibility index (Phi) is 9.59. The van der Waals surface area contributed by atoms with E-state index in [0.717, 1.165) is 42.4 Å². The summed E-state index contributed by atoms with van der Waals surface area (Å²) in [6.07, 6.45) is 3.64. The number of amides is 1. The van der Waals surface area contributed by atoms with Crippen LogP contribution in [0, 0.1) is 12.8 Å². The number of nitrogens with two attached hydrogens (primary N) is 1. The molecule has 0 spiro atoms. The summed E-state index contributed by atoms with van der Waals surface area (Å²) < 4.78 is 5.09. The molecule has 2 aromatic rings. The minimum absolute atomic E-state index is 0. The minimum atomic E-state index is 0. The molecule has 0 radical (unpaired) electrons. The van der Waals surface area contributed by atoms with Crippen LogP contribution in [0.4, 0.5) is 0 Å². The van der Waals surface area contributed by atoms with Crippen LogP contribution in [0.15, 0.2) is 33.9 Å². The lowest BCUT2D eigenvalue weighted by Gasteiger charge is -2.34. The van der Waals surface area contributed by atoms with E-state index in [2.05, 4.69) is 10.1 Å². The molecular formula is C18H26Cl2N4O2S. The van der Waals surface area contributed by atoms with Crippen molar-refractivity contribution >= 4 is 42.5 Å². The van der Waals surface area contributed by atoms with Gasteiger partial charge in [0.25, 0.3) is 5.91 Å². The van der Waals surface area contributed by atoms with Crippen LogP contribution >= 0.6 is 36.6 Å². The third-order valence-corrected chi connectivity index (χ3v) is 5.64. The maximum Gasteiger partial charge on any atom is 0.256 e. The van der Waals surface area contributed by atoms with E-state index in [1.807, 2.05) is 36.9 Å². The van der Waals surface area contributed by atoms with Gasteiger partial charge in [-0.2, -0.15) is 0 Å².